The number of carbonyl (C=O) groups is 4. The zero-order valence-corrected chi connectivity index (χ0v) is 16.2. The summed E-state index contributed by atoms with van der Waals surface area (Å²) in [6, 6.07) is 5.19. The number of hydrogen-bond donors (Lipinski definition) is 2. The van der Waals surface area contributed by atoms with Crippen LogP contribution in [0.1, 0.15) is 39.0 Å². The predicted molar refractivity (Wildman–Crippen MR) is 99.6 cm³/mol. The molecule has 3 rings (SSSR count). The largest absolute Gasteiger partial charge is 0.481 e. The number of imide groups is 1. The third-order valence-corrected chi connectivity index (χ3v) is 5.32. The molecule has 156 valence electrons. The molecule has 3 atom stereocenters. The van der Waals surface area contributed by atoms with E-state index in [4.69, 9.17) is 4.74 Å². The number of halogens is 1. The van der Waals surface area contributed by atoms with Crippen LogP contribution in [-0.2, 0) is 19.2 Å². The van der Waals surface area contributed by atoms with E-state index in [1.54, 1.807) is 0 Å². The van der Waals surface area contributed by atoms with Crippen LogP contribution in [0.3, 0.4) is 0 Å². The average molecular weight is 405 g/mol. The van der Waals surface area contributed by atoms with Crippen LogP contribution in [0.15, 0.2) is 24.3 Å². The number of hydrogen-bond acceptors (Lipinski definition) is 5. The lowest BCUT2D eigenvalue weighted by Gasteiger charge is -2.19. The van der Waals surface area contributed by atoms with Crippen molar-refractivity contribution < 1.29 is 28.3 Å². The van der Waals surface area contributed by atoms with Crippen LogP contribution in [0.4, 0.5) is 4.39 Å². The number of fused-ring (bicyclic) bond motifs is 1. The minimum atomic E-state index is -0.925. The van der Waals surface area contributed by atoms with Gasteiger partial charge in [0.2, 0.25) is 17.7 Å². The molecule has 1 aromatic rings. The van der Waals surface area contributed by atoms with Crippen LogP contribution in [0.5, 0.6) is 5.75 Å². The first-order chi connectivity index (χ1) is 13.9. The summed E-state index contributed by atoms with van der Waals surface area (Å²) in [6.07, 6.45) is 2.30. The topological polar surface area (TPSA) is 105 Å². The highest BCUT2D eigenvalue weighted by molar-refractivity contribution is 6.05. The lowest BCUT2D eigenvalue weighted by atomic mass is 9.81. The van der Waals surface area contributed by atoms with Crippen molar-refractivity contribution in [3.05, 3.63) is 30.1 Å². The summed E-state index contributed by atoms with van der Waals surface area (Å²) < 4.78 is 18.2. The summed E-state index contributed by atoms with van der Waals surface area (Å²) in [7, 11) is 0. The van der Waals surface area contributed by atoms with Crippen LogP contribution in [0.25, 0.3) is 0 Å². The fraction of sp³-hybridized carbons (Fsp3) is 0.500. The molecule has 4 amide bonds. The number of benzene rings is 1. The van der Waals surface area contributed by atoms with Gasteiger partial charge >= 0.3 is 0 Å². The number of hydrazine groups is 1. The first kappa shape index (κ1) is 20.8. The first-order valence-corrected chi connectivity index (χ1v) is 9.73. The molecule has 2 N–H and O–H groups in total. The van der Waals surface area contributed by atoms with E-state index in [-0.39, 0.29) is 36.6 Å². The first-order valence-electron chi connectivity index (χ1n) is 9.73. The van der Waals surface area contributed by atoms with Gasteiger partial charge in [0, 0.05) is 13.0 Å². The molecule has 29 heavy (non-hydrogen) atoms. The highest BCUT2D eigenvalue weighted by atomic mass is 19.1. The van der Waals surface area contributed by atoms with Gasteiger partial charge in [-0.1, -0.05) is 12.8 Å². The van der Waals surface area contributed by atoms with E-state index in [0.29, 0.717) is 5.75 Å². The molecule has 1 heterocycles. The number of rotatable bonds is 6. The Hall–Kier alpha value is -2.97. The second kappa shape index (κ2) is 9.02. The number of nitrogens with zero attached hydrogens (tertiary/aromatic N) is 1. The third kappa shape index (κ3) is 4.90. The molecule has 1 saturated carbocycles. The highest BCUT2D eigenvalue weighted by Gasteiger charge is 2.47. The maximum atomic E-state index is 12.9. The quantitative estimate of drug-likeness (QED) is 0.548. The fourth-order valence-corrected chi connectivity index (χ4v) is 3.73. The van der Waals surface area contributed by atoms with E-state index >= 15 is 0 Å². The van der Waals surface area contributed by atoms with Crippen molar-refractivity contribution in [1.82, 2.24) is 15.8 Å². The average Bonchev–Trinajstić information content (AvgIpc) is 2.96. The van der Waals surface area contributed by atoms with Crippen molar-refractivity contribution in [2.45, 2.75) is 45.1 Å². The molecule has 0 unspecified atom stereocenters. The number of amides is 4. The van der Waals surface area contributed by atoms with Crippen molar-refractivity contribution in [1.29, 1.82) is 0 Å². The van der Waals surface area contributed by atoms with Crippen LogP contribution in [-0.4, -0.2) is 41.2 Å². The molecule has 0 aromatic heterocycles. The zero-order valence-electron chi connectivity index (χ0n) is 16.2. The molecular formula is C20H24FN3O5. The van der Waals surface area contributed by atoms with Crippen molar-refractivity contribution in [3.63, 3.8) is 0 Å². The highest BCUT2D eigenvalue weighted by Crippen LogP contribution is 2.37. The molecule has 8 nitrogen and oxygen atoms in total. The van der Waals surface area contributed by atoms with Crippen molar-refractivity contribution >= 4 is 23.6 Å². The van der Waals surface area contributed by atoms with Crippen molar-refractivity contribution in [3.8, 4) is 5.75 Å². The molecule has 0 radical (unpaired) electrons. The van der Waals surface area contributed by atoms with E-state index in [1.165, 1.54) is 36.1 Å². The summed E-state index contributed by atoms with van der Waals surface area (Å²) >= 11 is 0. The summed E-state index contributed by atoms with van der Waals surface area (Å²) in [5, 5.41) is 0. The predicted octanol–water partition coefficient (Wildman–Crippen LogP) is 1.31. The number of ether oxygens (including phenoxy) is 1. The van der Waals surface area contributed by atoms with Crippen LogP contribution in [0, 0.1) is 17.7 Å². The molecular weight excluding hydrogens is 381 g/mol. The summed E-state index contributed by atoms with van der Waals surface area (Å²) in [5.41, 5.74) is 4.48. The van der Waals surface area contributed by atoms with Crippen molar-refractivity contribution in [2.24, 2.45) is 11.8 Å². The zero-order chi connectivity index (χ0) is 21.0. The van der Waals surface area contributed by atoms with Gasteiger partial charge in [-0.05, 0) is 44.0 Å². The molecule has 1 aromatic carbocycles. The Labute approximate surface area is 167 Å². The Morgan fingerprint density at radius 2 is 1.69 bits per heavy atom. The van der Waals surface area contributed by atoms with E-state index < -0.39 is 23.7 Å². The van der Waals surface area contributed by atoms with E-state index in [2.05, 4.69) is 10.9 Å². The Morgan fingerprint density at radius 1 is 1.10 bits per heavy atom. The Balaban J connectivity index is 1.41. The smallest absolute Gasteiger partial charge is 0.279 e. The Bertz CT molecular complexity index is 774. The van der Waals surface area contributed by atoms with Crippen molar-refractivity contribution in [2.75, 3.05) is 6.54 Å². The van der Waals surface area contributed by atoms with Crippen LogP contribution in [0.2, 0.25) is 0 Å². The second-order valence-corrected chi connectivity index (χ2v) is 7.33. The molecule has 1 aliphatic heterocycles. The minimum Gasteiger partial charge on any atom is -0.481 e. The molecule has 2 aliphatic rings. The van der Waals surface area contributed by atoms with Gasteiger partial charge in [0.05, 0.1) is 11.8 Å². The maximum absolute atomic E-state index is 12.9. The maximum Gasteiger partial charge on any atom is 0.279 e. The van der Waals surface area contributed by atoms with Gasteiger partial charge in [-0.15, -0.1) is 0 Å². The van der Waals surface area contributed by atoms with E-state index in [9.17, 15) is 23.6 Å². The summed E-state index contributed by atoms with van der Waals surface area (Å²) in [6.45, 7) is 1.47. The Morgan fingerprint density at radius 3 is 2.28 bits per heavy atom. The van der Waals surface area contributed by atoms with Gasteiger partial charge in [-0.3, -0.25) is 34.9 Å². The Kier molecular flexibility index (Phi) is 6.46. The normalized spacial score (nSPS) is 22.1. The SMILES string of the molecule is C[C@H](Oc1ccc(F)cc1)C(=O)NNC(=O)CCN1C(=O)[C@H]2CCCC[C@H]2C1=O. The molecule has 1 saturated heterocycles. The molecule has 2 fully saturated rings. The third-order valence-electron chi connectivity index (χ3n) is 5.32. The number of nitrogens with one attached hydrogen (secondary N) is 2. The lowest BCUT2D eigenvalue weighted by molar-refractivity contribution is -0.140. The summed E-state index contributed by atoms with van der Waals surface area (Å²) in [5.74, 6) is -2.11. The van der Waals surface area contributed by atoms with E-state index in [1.807, 2.05) is 0 Å². The van der Waals surface area contributed by atoms with Gasteiger partial charge in [0.1, 0.15) is 11.6 Å². The number of carbonyl (C=O) groups excluding carboxylic acids is 4. The lowest BCUT2D eigenvalue weighted by Crippen LogP contribution is -2.48. The van der Waals surface area contributed by atoms with Crippen LogP contribution < -0.4 is 15.6 Å². The molecule has 1 aliphatic carbocycles. The molecule has 0 bridgehead atoms. The molecule has 9 heteroatoms. The molecule has 0 spiro atoms. The summed E-state index contributed by atoms with van der Waals surface area (Å²) in [4.78, 5) is 49.9. The van der Waals surface area contributed by atoms with Crippen LogP contribution >= 0.6 is 0 Å². The van der Waals surface area contributed by atoms with Gasteiger partial charge in [0.25, 0.3) is 5.91 Å². The van der Waals surface area contributed by atoms with Gasteiger partial charge < -0.3 is 4.74 Å². The fourth-order valence-electron chi connectivity index (χ4n) is 3.73. The van der Waals surface area contributed by atoms with Gasteiger partial charge in [-0.25, -0.2) is 4.39 Å². The van der Waals surface area contributed by atoms with E-state index in [0.717, 1.165) is 25.7 Å². The second-order valence-electron chi connectivity index (χ2n) is 7.33. The van der Waals surface area contributed by atoms with Gasteiger partial charge in [-0.2, -0.15) is 0 Å². The number of likely N-dealkylation sites (tertiary alicyclic amines) is 1. The minimum absolute atomic E-state index is 0.00595. The van der Waals surface area contributed by atoms with Gasteiger partial charge in [0.15, 0.2) is 6.10 Å². The monoisotopic (exact) mass is 405 g/mol. The standard InChI is InChI=1S/C20H24FN3O5/c1-12(29-14-8-6-13(21)7-9-14)18(26)23-22-17(25)10-11-24-19(27)15-4-2-3-5-16(15)20(24)28/h6-9,12,15-16H,2-5,10-11H2,1H3,(H,22,25)(H,23,26)/t12-,15-,16+/m0/s1.